The number of benzene rings is 3. The lowest BCUT2D eigenvalue weighted by atomic mass is 9.93. The Balaban J connectivity index is 1.27. The Morgan fingerprint density at radius 1 is 0.973 bits per heavy atom. The molecule has 0 aliphatic heterocycles. The van der Waals surface area contributed by atoms with Gasteiger partial charge in [0.05, 0.1) is 22.9 Å². The van der Waals surface area contributed by atoms with Gasteiger partial charge in [-0.2, -0.15) is 0 Å². The lowest BCUT2D eigenvalue weighted by Crippen LogP contribution is -2.21. The summed E-state index contributed by atoms with van der Waals surface area (Å²) in [5.41, 5.74) is 5.97. The van der Waals surface area contributed by atoms with Crippen LogP contribution < -0.4 is 5.32 Å². The number of carbonyl (C=O) groups excluding carboxylic acids is 2. The van der Waals surface area contributed by atoms with Crippen LogP contribution in [0, 0.1) is 0 Å². The van der Waals surface area contributed by atoms with Gasteiger partial charge in [-0.1, -0.05) is 78.3 Å². The first-order chi connectivity index (χ1) is 17.9. The molecule has 1 N–H and O–H groups in total. The summed E-state index contributed by atoms with van der Waals surface area (Å²) in [6.45, 7) is 1.77. The molecule has 3 aromatic carbocycles. The first-order valence-corrected chi connectivity index (χ1v) is 13.1. The Hall–Kier alpha value is -3.68. The van der Waals surface area contributed by atoms with Crippen LogP contribution in [0.5, 0.6) is 0 Å². The Bertz CT molecular complexity index is 1430. The third kappa shape index (κ3) is 5.10. The van der Waals surface area contributed by atoms with Gasteiger partial charge < -0.3 is 9.47 Å². The van der Waals surface area contributed by atoms with Crippen LogP contribution in [0.4, 0.5) is 10.6 Å². The van der Waals surface area contributed by atoms with Crippen molar-refractivity contribution >= 4 is 40.8 Å². The van der Waals surface area contributed by atoms with E-state index in [1.165, 1.54) is 18.4 Å². The molecule has 1 aliphatic rings. The third-order valence-corrected chi connectivity index (χ3v) is 7.88. The van der Waals surface area contributed by atoms with Crippen molar-refractivity contribution in [2.45, 2.75) is 31.3 Å². The monoisotopic (exact) mass is 532 g/mol. The van der Waals surface area contributed by atoms with Crippen LogP contribution in [-0.4, -0.2) is 24.2 Å². The number of anilines is 1. The normalized spacial score (nSPS) is 14.5. The number of nitrogens with one attached hydrogen (secondary N) is 1. The number of thiazole rings is 1. The second-order valence-electron chi connectivity index (χ2n) is 8.95. The Morgan fingerprint density at radius 3 is 2.22 bits per heavy atom. The first kappa shape index (κ1) is 25.0. The summed E-state index contributed by atoms with van der Waals surface area (Å²) in [6, 6.07) is 23.4. The molecule has 6 nitrogen and oxygen atoms in total. The van der Waals surface area contributed by atoms with E-state index in [0.29, 0.717) is 10.8 Å². The smallest absolute Gasteiger partial charge is 0.413 e. The molecule has 0 spiro atoms. The maximum absolute atomic E-state index is 12.6. The number of rotatable bonds is 7. The molecule has 37 heavy (non-hydrogen) atoms. The molecule has 1 atom stereocenters. The summed E-state index contributed by atoms with van der Waals surface area (Å²) in [5, 5.41) is 3.30. The SMILES string of the molecule is COC(=O)C1(c2ccc(-c3ccc(-c4scnc4NC(=O)O[C@H](C)c4ccccc4Cl)cc3)cc2)CC1. The summed E-state index contributed by atoms with van der Waals surface area (Å²) >= 11 is 7.65. The summed E-state index contributed by atoms with van der Waals surface area (Å²) in [6.07, 6.45) is 0.539. The van der Waals surface area contributed by atoms with Gasteiger partial charge in [0.25, 0.3) is 0 Å². The summed E-state index contributed by atoms with van der Waals surface area (Å²) in [7, 11) is 1.44. The summed E-state index contributed by atoms with van der Waals surface area (Å²) in [4.78, 5) is 29.9. The second kappa shape index (κ2) is 10.4. The highest BCUT2D eigenvalue weighted by Crippen LogP contribution is 2.49. The Morgan fingerprint density at radius 2 is 1.59 bits per heavy atom. The van der Waals surface area contributed by atoms with Gasteiger partial charge in [-0.05, 0) is 48.1 Å². The van der Waals surface area contributed by atoms with Crippen molar-refractivity contribution in [1.29, 1.82) is 0 Å². The zero-order valence-electron chi connectivity index (χ0n) is 20.4. The van der Waals surface area contributed by atoms with Crippen LogP contribution in [0.3, 0.4) is 0 Å². The Labute approximate surface area is 224 Å². The molecule has 1 saturated carbocycles. The minimum Gasteiger partial charge on any atom is -0.468 e. The molecular weight excluding hydrogens is 508 g/mol. The topological polar surface area (TPSA) is 77.5 Å². The fourth-order valence-electron chi connectivity index (χ4n) is 4.42. The average Bonchev–Trinajstić information content (AvgIpc) is 3.61. The van der Waals surface area contributed by atoms with E-state index in [1.807, 2.05) is 66.7 Å². The van der Waals surface area contributed by atoms with Gasteiger partial charge in [-0.15, -0.1) is 11.3 Å². The van der Waals surface area contributed by atoms with Gasteiger partial charge in [0.2, 0.25) is 0 Å². The van der Waals surface area contributed by atoms with E-state index in [9.17, 15) is 9.59 Å². The zero-order valence-corrected chi connectivity index (χ0v) is 21.9. The van der Waals surface area contributed by atoms with Crippen molar-refractivity contribution in [3.63, 3.8) is 0 Å². The van der Waals surface area contributed by atoms with E-state index >= 15 is 0 Å². The minimum absolute atomic E-state index is 0.166. The first-order valence-electron chi connectivity index (χ1n) is 11.9. The molecule has 8 heteroatoms. The summed E-state index contributed by atoms with van der Waals surface area (Å²) < 4.78 is 10.5. The number of halogens is 1. The van der Waals surface area contributed by atoms with E-state index in [2.05, 4.69) is 10.3 Å². The number of carbonyl (C=O) groups is 2. The maximum Gasteiger partial charge on any atom is 0.413 e. The fourth-order valence-corrected chi connectivity index (χ4v) is 5.46. The van der Waals surface area contributed by atoms with Crippen LogP contribution in [0.2, 0.25) is 5.02 Å². The number of esters is 1. The molecule has 1 amide bonds. The quantitative estimate of drug-likeness (QED) is 0.247. The lowest BCUT2D eigenvalue weighted by molar-refractivity contribution is -0.143. The molecule has 0 bridgehead atoms. The van der Waals surface area contributed by atoms with E-state index < -0.39 is 17.6 Å². The van der Waals surface area contributed by atoms with E-state index in [-0.39, 0.29) is 5.97 Å². The molecule has 1 heterocycles. The van der Waals surface area contributed by atoms with Crippen molar-refractivity contribution in [1.82, 2.24) is 4.98 Å². The van der Waals surface area contributed by atoms with Crippen molar-refractivity contribution in [2.75, 3.05) is 12.4 Å². The Kier molecular flexibility index (Phi) is 7.00. The molecule has 188 valence electrons. The van der Waals surface area contributed by atoms with Gasteiger partial charge >= 0.3 is 12.1 Å². The highest BCUT2D eigenvalue weighted by molar-refractivity contribution is 7.13. The predicted molar refractivity (Wildman–Crippen MR) is 146 cm³/mol. The van der Waals surface area contributed by atoms with Crippen LogP contribution in [-0.2, 0) is 19.7 Å². The molecule has 1 fully saturated rings. The minimum atomic E-state index is -0.600. The average molecular weight is 533 g/mol. The van der Waals surface area contributed by atoms with Crippen LogP contribution in [0.15, 0.2) is 78.3 Å². The van der Waals surface area contributed by atoms with Crippen molar-refractivity contribution in [3.05, 3.63) is 94.5 Å². The zero-order chi connectivity index (χ0) is 26.0. The van der Waals surface area contributed by atoms with E-state index in [4.69, 9.17) is 21.1 Å². The van der Waals surface area contributed by atoms with Crippen molar-refractivity contribution in [3.8, 4) is 21.6 Å². The number of nitrogens with zero attached hydrogens (tertiary/aromatic N) is 1. The largest absolute Gasteiger partial charge is 0.468 e. The highest BCUT2D eigenvalue weighted by atomic mass is 35.5. The van der Waals surface area contributed by atoms with E-state index in [0.717, 1.165) is 45.5 Å². The fraction of sp³-hybridized carbons (Fsp3) is 0.207. The van der Waals surface area contributed by atoms with Gasteiger partial charge in [-0.3, -0.25) is 10.1 Å². The van der Waals surface area contributed by atoms with Gasteiger partial charge in [0, 0.05) is 10.6 Å². The summed E-state index contributed by atoms with van der Waals surface area (Å²) in [5.74, 6) is 0.275. The van der Waals surface area contributed by atoms with Crippen LogP contribution in [0.1, 0.15) is 37.0 Å². The third-order valence-electron chi connectivity index (χ3n) is 6.66. The molecule has 0 unspecified atom stereocenters. The van der Waals surface area contributed by atoms with Crippen molar-refractivity contribution < 1.29 is 19.1 Å². The van der Waals surface area contributed by atoms with Crippen LogP contribution >= 0.6 is 22.9 Å². The van der Waals surface area contributed by atoms with Gasteiger partial charge in [-0.25, -0.2) is 9.78 Å². The molecule has 4 aromatic rings. The molecular formula is C29H25ClN2O4S. The predicted octanol–water partition coefficient (Wildman–Crippen LogP) is 7.64. The van der Waals surface area contributed by atoms with Gasteiger partial charge in [0.1, 0.15) is 6.10 Å². The molecule has 1 aliphatic carbocycles. The van der Waals surface area contributed by atoms with Crippen molar-refractivity contribution in [2.24, 2.45) is 0 Å². The maximum atomic E-state index is 12.6. The van der Waals surface area contributed by atoms with E-state index in [1.54, 1.807) is 18.5 Å². The molecule has 1 aromatic heterocycles. The number of hydrogen-bond acceptors (Lipinski definition) is 6. The second-order valence-corrected chi connectivity index (χ2v) is 10.2. The highest BCUT2D eigenvalue weighted by Gasteiger charge is 2.52. The number of amides is 1. The molecule has 0 saturated heterocycles. The lowest BCUT2D eigenvalue weighted by Gasteiger charge is -2.15. The number of aromatic nitrogens is 1. The number of hydrogen-bond donors (Lipinski definition) is 1. The van der Waals surface area contributed by atoms with Crippen LogP contribution in [0.25, 0.3) is 21.6 Å². The molecule has 5 rings (SSSR count). The standard InChI is InChI=1S/C29H25ClN2O4S/c1-18(23-5-3-4-6-24(23)30)36-28(34)32-26-25(37-17-31-26)21-9-7-19(8-10-21)20-11-13-22(14-12-20)29(15-16-29)27(33)35-2/h3-14,17-18H,15-16H2,1-2H3,(H,32,34)/t18-/m1/s1. The number of ether oxygens (including phenoxy) is 2. The molecule has 0 radical (unpaired) electrons. The van der Waals surface area contributed by atoms with Gasteiger partial charge in [0.15, 0.2) is 5.82 Å². The number of methoxy groups -OCH3 is 1.